The number of aryl methyl sites for hydroxylation is 1. The zero-order valence-corrected chi connectivity index (χ0v) is 12.7. The van der Waals surface area contributed by atoms with Gasteiger partial charge in [-0.2, -0.15) is 5.10 Å². The number of aromatic nitrogens is 3. The van der Waals surface area contributed by atoms with Crippen LogP contribution in [-0.4, -0.2) is 20.3 Å². The highest BCUT2D eigenvalue weighted by Gasteiger charge is 2.11. The van der Waals surface area contributed by atoms with Crippen LogP contribution in [0.5, 0.6) is 0 Å². The molecule has 0 aliphatic heterocycles. The van der Waals surface area contributed by atoms with Crippen LogP contribution >= 0.6 is 11.3 Å². The highest BCUT2D eigenvalue weighted by atomic mass is 32.1. The van der Waals surface area contributed by atoms with Gasteiger partial charge in [0, 0.05) is 11.3 Å². The fourth-order valence-electron chi connectivity index (χ4n) is 2.30. The molecular weight excluding hydrogens is 301 g/mol. The quantitative estimate of drug-likeness (QED) is 0.733. The van der Waals surface area contributed by atoms with E-state index in [4.69, 9.17) is 0 Å². The Balaban J connectivity index is 1.58. The number of hydrogen-bond donors (Lipinski definition) is 2. The summed E-state index contributed by atoms with van der Waals surface area (Å²) in [6.07, 6.45) is 2.67. The first-order chi connectivity index (χ1) is 10.7. The summed E-state index contributed by atoms with van der Waals surface area (Å²) in [6, 6.07) is 8.91. The van der Waals surface area contributed by atoms with Crippen LogP contribution in [0, 0.1) is 5.82 Å². The van der Waals surface area contributed by atoms with Gasteiger partial charge in [-0.3, -0.25) is 5.10 Å². The number of hydrogen-bond acceptors (Lipinski definition) is 4. The van der Waals surface area contributed by atoms with Gasteiger partial charge in [-0.1, -0.05) is 18.2 Å². The van der Waals surface area contributed by atoms with E-state index < -0.39 is 6.10 Å². The van der Waals surface area contributed by atoms with Crippen LogP contribution < -0.4 is 0 Å². The molecule has 4 nitrogen and oxygen atoms in total. The summed E-state index contributed by atoms with van der Waals surface area (Å²) in [5.74, 6) is 0.319. The molecule has 0 saturated carbocycles. The van der Waals surface area contributed by atoms with E-state index in [1.165, 1.54) is 17.3 Å². The minimum atomic E-state index is -0.639. The molecule has 3 rings (SSSR count). The first kappa shape index (κ1) is 14.9. The number of benzene rings is 1. The van der Waals surface area contributed by atoms with Crippen molar-refractivity contribution in [1.29, 1.82) is 0 Å². The van der Waals surface area contributed by atoms with Crippen LogP contribution in [0.2, 0.25) is 0 Å². The number of H-pyrrole nitrogens is 1. The van der Waals surface area contributed by atoms with E-state index in [9.17, 15) is 9.50 Å². The zero-order valence-electron chi connectivity index (χ0n) is 11.9. The van der Waals surface area contributed by atoms with Gasteiger partial charge in [0.25, 0.3) is 0 Å². The minimum absolute atomic E-state index is 0.170. The normalized spacial score (nSPS) is 12.5. The van der Waals surface area contributed by atoms with Gasteiger partial charge >= 0.3 is 0 Å². The first-order valence-electron chi connectivity index (χ1n) is 7.05. The van der Waals surface area contributed by atoms with Crippen molar-refractivity contribution < 1.29 is 9.50 Å². The Morgan fingerprint density at radius 1 is 1.32 bits per heavy atom. The highest BCUT2D eigenvalue weighted by molar-refractivity contribution is 7.10. The second-order valence-corrected chi connectivity index (χ2v) is 6.11. The predicted molar refractivity (Wildman–Crippen MR) is 83.2 cm³/mol. The Hall–Kier alpha value is -2.05. The van der Waals surface area contributed by atoms with Gasteiger partial charge in [0.1, 0.15) is 18.2 Å². The van der Waals surface area contributed by atoms with Crippen molar-refractivity contribution in [3.63, 3.8) is 0 Å². The Morgan fingerprint density at radius 3 is 2.95 bits per heavy atom. The number of nitrogens with zero attached hydrogens (tertiary/aromatic N) is 2. The molecule has 2 heterocycles. The summed E-state index contributed by atoms with van der Waals surface area (Å²) in [5.41, 5.74) is 1.80. The molecule has 0 fully saturated rings. The molecule has 1 atom stereocenters. The smallest absolute Gasteiger partial charge is 0.153 e. The number of nitrogens with one attached hydrogen (secondary N) is 1. The summed E-state index contributed by atoms with van der Waals surface area (Å²) in [7, 11) is 0. The Morgan fingerprint density at radius 2 is 2.18 bits per heavy atom. The van der Waals surface area contributed by atoms with E-state index in [0.717, 1.165) is 12.0 Å². The molecule has 1 aromatic carbocycles. The van der Waals surface area contributed by atoms with E-state index in [1.54, 1.807) is 23.5 Å². The fraction of sp³-hybridized carbons (Fsp3) is 0.250. The average molecular weight is 317 g/mol. The number of halogens is 1. The van der Waals surface area contributed by atoms with Crippen LogP contribution in [0.3, 0.4) is 0 Å². The number of aliphatic hydroxyl groups excluding tert-OH is 1. The van der Waals surface area contributed by atoms with Gasteiger partial charge in [0.15, 0.2) is 5.82 Å². The molecule has 0 radical (unpaired) electrons. The number of aliphatic hydroxyl groups is 1. The monoisotopic (exact) mass is 317 g/mol. The molecule has 114 valence electrons. The van der Waals surface area contributed by atoms with Crippen molar-refractivity contribution in [2.75, 3.05) is 0 Å². The van der Waals surface area contributed by atoms with E-state index in [1.807, 2.05) is 11.4 Å². The van der Waals surface area contributed by atoms with Gasteiger partial charge in [-0.05, 0) is 41.5 Å². The predicted octanol–water partition coefficient (Wildman–Crippen LogP) is 3.26. The van der Waals surface area contributed by atoms with E-state index in [-0.39, 0.29) is 5.82 Å². The third-order valence-corrected chi connectivity index (χ3v) is 4.52. The van der Waals surface area contributed by atoms with Gasteiger partial charge in [-0.15, -0.1) is 11.3 Å². The molecule has 0 spiro atoms. The largest absolute Gasteiger partial charge is 0.385 e. The fourth-order valence-corrected chi connectivity index (χ4v) is 3.21. The lowest BCUT2D eigenvalue weighted by molar-refractivity contribution is 0.158. The van der Waals surface area contributed by atoms with Crippen LogP contribution in [0.1, 0.15) is 34.4 Å². The molecule has 3 aromatic rings. The van der Waals surface area contributed by atoms with Gasteiger partial charge in [0.05, 0.1) is 0 Å². The van der Waals surface area contributed by atoms with E-state index in [2.05, 4.69) is 21.2 Å². The number of aromatic amines is 1. The van der Waals surface area contributed by atoms with Crippen LogP contribution in [0.25, 0.3) is 0 Å². The molecule has 1 unspecified atom stereocenters. The summed E-state index contributed by atoms with van der Waals surface area (Å²) >= 11 is 1.63. The maximum absolute atomic E-state index is 13.6. The van der Waals surface area contributed by atoms with Crippen molar-refractivity contribution in [3.8, 4) is 0 Å². The van der Waals surface area contributed by atoms with E-state index in [0.29, 0.717) is 24.2 Å². The maximum Gasteiger partial charge on any atom is 0.153 e. The van der Waals surface area contributed by atoms with Crippen LogP contribution in [-0.2, 0) is 12.8 Å². The lowest BCUT2D eigenvalue weighted by Crippen LogP contribution is -2.01. The zero-order chi connectivity index (χ0) is 15.4. The van der Waals surface area contributed by atoms with Gasteiger partial charge in [-0.25, -0.2) is 9.37 Å². The summed E-state index contributed by atoms with van der Waals surface area (Å²) in [5, 5.41) is 18.4. The topological polar surface area (TPSA) is 61.8 Å². The summed E-state index contributed by atoms with van der Waals surface area (Å²) in [6.45, 7) is 0. The van der Waals surface area contributed by atoms with Crippen molar-refractivity contribution in [2.24, 2.45) is 0 Å². The van der Waals surface area contributed by atoms with E-state index >= 15 is 0 Å². The molecule has 2 aromatic heterocycles. The van der Waals surface area contributed by atoms with Crippen LogP contribution in [0.15, 0.2) is 42.0 Å². The van der Waals surface area contributed by atoms with Crippen molar-refractivity contribution in [2.45, 2.75) is 25.4 Å². The maximum atomic E-state index is 13.6. The lowest BCUT2D eigenvalue weighted by atomic mass is 10.1. The highest BCUT2D eigenvalue weighted by Crippen LogP contribution is 2.23. The van der Waals surface area contributed by atoms with Crippen molar-refractivity contribution >= 4 is 11.3 Å². The third kappa shape index (κ3) is 3.58. The lowest BCUT2D eigenvalue weighted by Gasteiger charge is -2.05. The second kappa shape index (κ2) is 6.81. The third-order valence-electron chi connectivity index (χ3n) is 3.47. The minimum Gasteiger partial charge on any atom is -0.385 e. The Bertz CT molecular complexity index is 727. The molecule has 0 aliphatic carbocycles. The first-order valence-corrected chi connectivity index (χ1v) is 7.93. The molecule has 2 N–H and O–H groups in total. The summed E-state index contributed by atoms with van der Waals surface area (Å²) in [4.78, 5) is 5.12. The molecular formula is C16H16FN3OS. The molecule has 0 saturated heterocycles. The van der Waals surface area contributed by atoms with Gasteiger partial charge < -0.3 is 5.11 Å². The number of rotatable bonds is 6. The van der Waals surface area contributed by atoms with Crippen LogP contribution in [0.4, 0.5) is 4.39 Å². The Kier molecular flexibility index (Phi) is 4.60. The second-order valence-electron chi connectivity index (χ2n) is 5.11. The SMILES string of the molecule is OC(CCc1cc(Cc2ccccc2F)cs1)c1ncn[nH]1. The van der Waals surface area contributed by atoms with Crippen molar-refractivity contribution in [1.82, 2.24) is 15.2 Å². The molecule has 0 aliphatic rings. The average Bonchev–Trinajstić information content (AvgIpc) is 3.19. The molecule has 22 heavy (non-hydrogen) atoms. The molecule has 0 bridgehead atoms. The molecule has 6 heteroatoms. The van der Waals surface area contributed by atoms with Gasteiger partial charge in [0.2, 0.25) is 0 Å². The number of thiophene rings is 1. The van der Waals surface area contributed by atoms with Crippen molar-refractivity contribution in [3.05, 3.63) is 69.7 Å². The summed E-state index contributed by atoms with van der Waals surface area (Å²) < 4.78 is 13.6. The standard InChI is InChI=1S/C16H16FN3OS/c17-14-4-2-1-3-12(14)7-11-8-13(22-9-11)5-6-15(21)16-18-10-19-20-16/h1-4,8-10,15,21H,5-7H2,(H,18,19,20). The Labute approximate surface area is 131 Å². The molecule has 0 amide bonds.